The van der Waals surface area contributed by atoms with Crippen LogP contribution in [-0.4, -0.2) is 31.3 Å². The highest BCUT2D eigenvalue weighted by molar-refractivity contribution is 7.99. The van der Waals surface area contributed by atoms with E-state index in [9.17, 15) is 0 Å². The molecule has 8 heteroatoms. The molecule has 0 bridgehead atoms. The van der Waals surface area contributed by atoms with Crippen LogP contribution in [-0.2, 0) is 18.4 Å². The van der Waals surface area contributed by atoms with Gasteiger partial charge >= 0.3 is 0 Å². The van der Waals surface area contributed by atoms with Crippen molar-refractivity contribution < 1.29 is 4.74 Å². The van der Waals surface area contributed by atoms with Crippen LogP contribution < -0.4 is 0 Å². The number of halogens is 1. The Bertz CT molecular complexity index is 533. The summed E-state index contributed by atoms with van der Waals surface area (Å²) in [4.78, 5) is 8.44. The summed E-state index contributed by atoms with van der Waals surface area (Å²) in [6.07, 6.45) is 1.63. The summed E-state index contributed by atoms with van der Waals surface area (Å²) in [6, 6.07) is 1.69. The average Bonchev–Trinajstić information content (AvgIpc) is 2.72. The van der Waals surface area contributed by atoms with E-state index in [1.54, 1.807) is 12.4 Å². The van der Waals surface area contributed by atoms with E-state index < -0.39 is 0 Å². The van der Waals surface area contributed by atoms with Gasteiger partial charge in [0.25, 0.3) is 0 Å². The number of ether oxygens (including phenoxy) is 1. The molecule has 0 fully saturated rings. The predicted molar refractivity (Wildman–Crippen MR) is 67.5 cm³/mol. The molecule has 2 heterocycles. The highest BCUT2D eigenvalue weighted by Crippen LogP contribution is 2.25. The SMILES string of the molecule is CCOCc1nc(Cl)cc(Sc2nncn2C)n1. The lowest BCUT2D eigenvalue weighted by Crippen LogP contribution is -2.00. The van der Waals surface area contributed by atoms with Gasteiger partial charge in [0.15, 0.2) is 11.0 Å². The zero-order valence-corrected chi connectivity index (χ0v) is 11.6. The molecular formula is C10H12ClN5OS. The highest BCUT2D eigenvalue weighted by Gasteiger charge is 2.08. The summed E-state index contributed by atoms with van der Waals surface area (Å²) in [5.74, 6) is 0.564. The van der Waals surface area contributed by atoms with Gasteiger partial charge in [-0.25, -0.2) is 9.97 Å². The van der Waals surface area contributed by atoms with Crippen molar-refractivity contribution in [2.45, 2.75) is 23.7 Å². The molecule has 6 nitrogen and oxygen atoms in total. The fraction of sp³-hybridized carbons (Fsp3) is 0.400. The molecular weight excluding hydrogens is 274 g/mol. The standard InChI is InChI=1S/C10H12ClN5OS/c1-3-17-5-8-13-7(11)4-9(14-8)18-10-15-12-6-16(10)2/h4,6H,3,5H2,1-2H3. The highest BCUT2D eigenvalue weighted by atomic mass is 35.5. The Labute approximate surface area is 114 Å². The minimum Gasteiger partial charge on any atom is -0.374 e. The summed E-state index contributed by atoms with van der Waals surface area (Å²) in [5, 5.41) is 9.64. The Kier molecular flexibility index (Phi) is 4.51. The lowest BCUT2D eigenvalue weighted by Gasteiger charge is -2.04. The summed E-state index contributed by atoms with van der Waals surface area (Å²) in [5.41, 5.74) is 0. The molecule has 96 valence electrons. The molecule has 0 saturated carbocycles. The van der Waals surface area contributed by atoms with Gasteiger partial charge in [0, 0.05) is 19.7 Å². The zero-order valence-electron chi connectivity index (χ0n) is 10.00. The Hall–Kier alpha value is -1.18. The first-order chi connectivity index (χ1) is 8.69. The van der Waals surface area contributed by atoms with Gasteiger partial charge < -0.3 is 9.30 Å². The molecule has 0 saturated heterocycles. The van der Waals surface area contributed by atoms with E-state index in [1.807, 2.05) is 18.5 Å². The zero-order chi connectivity index (χ0) is 13.0. The lowest BCUT2D eigenvalue weighted by molar-refractivity contribution is 0.128. The van der Waals surface area contributed by atoms with E-state index in [4.69, 9.17) is 16.3 Å². The maximum Gasteiger partial charge on any atom is 0.197 e. The summed E-state index contributed by atoms with van der Waals surface area (Å²) in [7, 11) is 1.87. The van der Waals surface area contributed by atoms with E-state index in [0.29, 0.717) is 24.2 Å². The fourth-order valence-electron chi connectivity index (χ4n) is 1.21. The van der Waals surface area contributed by atoms with Crippen molar-refractivity contribution in [1.29, 1.82) is 0 Å². The molecule has 0 amide bonds. The number of hydrogen-bond acceptors (Lipinski definition) is 6. The molecule has 0 aliphatic heterocycles. The molecule has 0 unspecified atom stereocenters. The molecule has 0 aliphatic carbocycles. The van der Waals surface area contributed by atoms with E-state index >= 15 is 0 Å². The topological polar surface area (TPSA) is 65.7 Å². The van der Waals surface area contributed by atoms with Crippen molar-refractivity contribution in [2.24, 2.45) is 7.05 Å². The largest absolute Gasteiger partial charge is 0.374 e. The van der Waals surface area contributed by atoms with Crippen LogP contribution in [0.25, 0.3) is 0 Å². The number of aromatic nitrogens is 5. The molecule has 0 aliphatic rings. The summed E-state index contributed by atoms with van der Waals surface area (Å²) >= 11 is 7.33. The molecule has 2 aromatic rings. The van der Waals surface area contributed by atoms with Gasteiger partial charge in [-0.2, -0.15) is 0 Å². The number of rotatable bonds is 5. The first-order valence-corrected chi connectivity index (χ1v) is 6.51. The van der Waals surface area contributed by atoms with Gasteiger partial charge in [-0.3, -0.25) is 0 Å². The van der Waals surface area contributed by atoms with E-state index in [0.717, 1.165) is 10.2 Å². The monoisotopic (exact) mass is 285 g/mol. The van der Waals surface area contributed by atoms with Gasteiger partial charge in [0.05, 0.1) is 0 Å². The fourth-order valence-corrected chi connectivity index (χ4v) is 2.26. The Balaban J connectivity index is 2.17. The first-order valence-electron chi connectivity index (χ1n) is 5.32. The number of hydrogen-bond donors (Lipinski definition) is 0. The van der Waals surface area contributed by atoms with Crippen molar-refractivity contribution >= 4 is 23.4 Å². The van der Waals surface area contributed by atoms with Crippen molar-refractivity contribution in [2.75, 3.05) is 6.61 Å². The average molecular weight is 286 g/mol. The van der Waals surface area contributed by atoms with Crippen molar-refractivity contribution in [1.82, 2.24) is 24.7 Å². The summed E-state index contributed by atoms with van der Waals surface area (Å²) < 4.78 is 7.07. The maximum atomic E-state index is 5.95. The molecule has 2 aromatic heterocycles. The van der Waals surface area contributed by atoms with E-state index in [-0.39, 0.29) is 0 Å². The van der Waals surface area contributed by atoms with Gasteiger partial charge in [0.1, 0.15) is 23.1 Å². The summed E-state index contributed by atoms with van der Waals surface area (Å²) in [6.45, 7) is 2.88. The minimum absolute atomic E-state index is 0.351. The Morgan fingerprint density at radius 2 is 2.28 bits per heavy atom. The molecule has 0 N–H and O–H groups in total. The van der Waals surface area contributed by atoms with Gasteiger partial charge in [-0.05, 0) is 18.7 Å². The van der Waals surface area contributed by atoms with Gasteiger partial charge in [-0.1, -0.05) is 11.6 Å². The van der Waals surface area contributed by atoms with Crippen molar-refractivity contribution in [3.05, 3.63) is 23.4 Å². The second-order valence-electron chi connectivity index (χ2n) is 3.41. The van der Waals surface area contributed by atoms with Gasteiger partial charge in [0.2, 0.25) is 0 Å². The van der Waals surface area contributed by atoms with Crippen LogP contribution in [0.15, 0.2) is 22.6 Å². The van der Waals surface area contributed by atoms with Crippen molar-refractivity contribution in [3.63, 3.8) is 0 Å². The molecule has 0 radical (unpaired) electrons. The Morgan fingerprint density at radius 3 is 2.94 bits per heavy atom. The minimum atomic E-state index is 0.351. The van der Waals surface area contributed by atoms with Crippen LogP contribution in [0.5, 0.6) is 0 Å². The maximum absolute atomic E-state index is 5.95. The number of nitrogens with zero attached hydrogens (tertiary/aromatic N) is 5. The molecule has 0 aromatic carbocycles. The molecule has 0 spiro atoms. The first kappa shape index (κ1) is 13.3. The van der Waals surface area contributed by atoms with Crippen LogP contribution in [0.4, 0.5) is 0 Å². The van der Waals surface area contributed by atoms with Crippen LogP contribution in [0.1, 0.15) is 12.7 Å². The van der Waals surface area contributed by atoms with Crippen LogP contribution in [0.2, 0.25) is 5.15 Å². The third kappa shape index (κ3) is 3.41. The van der Waals surface area contributed by atoms with E-state index in [1.165, 1.54) is 11.8 Å². The molecule has 18 heavy (non-hydrogen) atoms. The Morgan fingerprint density at radius 1 is 1.44 bits per heavy atom. The predicted octanol–water partition coefficient (Wildman–Crippen LogP) is 1.95. The smallest absolute Gasteiger partial charge is 0.197 e. The molecule has 0 atom stereocenters. The third-order valence-electron chi connectivity index (χ3n) is 2.02. The lowest BCUT2D eigenvalue weighted by atomic mass is 10.6. The quantitative estimate of drug-likeness (QED) is 0.782. The van der Waals surface area contributed by atoms with Crippen LogP contribution >= 0.6 is 23.4 Å². The normalized spacial score (nSPS) is 10.8. The van der Waals surface area contributed by atoms with Crippen LogP contribution in [0.3, 0.4) is 0 Å². The second-order valence-corrected chi connectivity index (χ2v) is 4.78. The van der Waals surface area contributed by atoms with Crippen molar-refractivity contribution in [3.8, 4) is 0 Å². The third-order valence-corrected chi connectivity index (χ3v) is 3.18. The second kappa shape index (κ2) is 6.12. The number of aryl methyl sites for hydroxylation is 1. The van der Waals surface area contributed by atoms with E-state index in [2.05, 4.69) is 20.2 Å². The van der Waals surface area contributed by atoms with Crippen LogP contribution in [0, 0.1) is 0 Å². The van der Waals surface area contributed by atoms with Gasteiger partial charge in [-0.15, -0.1) is 10.2 Å². The molecule has 2 rings (SSSR count).